The molecule has 0 aromatic carbocycles. The number of rotatable bonds is 0. The lowest BCUT2D eigenvalue weighted by atomic mass is 10.2. The van der Waals surface area contributed by atoms with Crippen molar-refractivity contribution in [2.45, 2.75) is 12.6 Å². The second-order valence-corrected chi connectivity index (χ2v) is 4.77. The van der Waals surface area contributed by atoms with Gasteiger partial charge in [-0.1, -0.05) is 11.6 Å². The van der Waals surface area contributed by atoms with E-state index in [1.807, 2.05) is 4.90 Å². The minimum absolute atomic E-state index is 0.0510. The summed E-state index contributed by atoms with van der Waals surface area (Å²) in [6, 6.07) is 1.78. The van der Waals surface area contributed by atoms with E-state index in [4.69, 9.17) is 11.6 Å². The van der Waals surface area contributed by atoms with Crippen molar-refractivity contribution >= 4 is 23.3 Å². The molecule has 0 N–H and O–H groups in total. The van der Waals surface area contributed by atoms with Crippen LogP contribution in [0.3, 0.4) is 0 Å². The molecule has 1 aromatic rings. The minimum atomic E-state index is -0.350. The van der Waals surface area contributed by atoms with E-state index in [0.717, 1.165) is 0 Å². The number of likely N-dealkylation sites (N-methyl/N-ethyl adjacent to an activating group) is 1. The number of hydrogen-bond donors (Lipinski definition) is 0. The summed E-state index contributed by atoms with van der Waals surface area (Å²) in [6.07, 6.45) is 0. The summed E-state index contributed by atoms with van der Waals surface area (Å²) in [7, 11) is 1.77. The van der Waals surface area contributed by atoms with Crippen molar-refractivity contribution < 1.29 is 4.79 Å². The van der Waals surface area contributed by atoms with Gasteiger partial charge in [0.05, 0.1) is 19.1 Å². The number of aromatic nitrogens is 2. The summed E-state index contributed by atoms with van der Waals surface area (Å²) >= 11 is 5.78. The molecule has 1 atom stereocenters. The smallest absolute Gasteiger partial charge is 0.342 e. The Morgan fingerprint density at radius 2 is 2.18 bits per heavy atom. The molecule has 3 rings (SSSR count). The first-order valence-corrected chi connectivity index (χ1v) is 5.72. The van der Waals surface area contributed by atoms with Crippen LogP contribution in [-0.4, -0.2) is 46.5 Å². The first kappa shape index (κ1) is 10.6. The third-order valence-electron chi connectivity index (χ3n) is 3.30. The lowest BCUT2D eigenvalue weighted by Crippen LogP contribution is -2.53. The maximum Gasteiger partial charge on any atom is 0.350 e. The molecule has 0 aliphatic carbocycles. The molecule has 0 saturated carbocycles. The zero-order chi connectivity index (χ0) is 12.2. The van der Waals surface area contributed by atoms with Gasteiger partial charge in [-0.15, -0.1) is 0 Å². The number of carbonyl (C=O) groups is 1. The van der Waals surface area contributed by atoms with Crippen molar-refractivity contribution in [3.63, 3.8) is 0 Å². The second kappa shape index (κ2) is 3.46. The van der Waals surface area contributed by atoms with Crippen LogP contribution < -0.4 is 10.6 Å². The van der Waals surface area contributed by atoms with E-state index < -0.39 is 0 Å². The first-order chi connectivity index (χ1) is 8.06. The van der Waals surface area contributed by atoms with Gasteiger partial charge >= 0.3 is 5.69 Å². The van der Waals surface area contributed by atoms with E-state index in [-0.39, 0.29) is 22.8 Å². The molecule has 1 aromatic heterocycles. The molecule has 90 valence electrons. The van der Waals surface area contributed by atoms with Gasteiger partial charge in [-0.05, 0) is 0 Å². The Hall–Kier alpha value is -1.56. The van der Waals surface area contributed by atoms with Crippen LogP contribution in [0.15, 0.2) is 10.9 Å². The molecule has 1 unspecified atom stereocenters. The highest BCUT2D eigenvalue weighted by atomic mass is 35.5. The Bertz CT molecular complexity index is 556. The molecule has 1 saturated heterocycles. The summed E-state index contributed by atoms with van der Waals surface area (Å²) in [6.45, 7) is 1.48. The average Bonchev–Trinajstić information content (AvgIpc) is 2.58. The normalized spacial score (nSPS) is 22.7. The van der Waals surface area contributed by atoms with E-state index in [1.54, 1.807) is 22.6 Å². The van der Waals surface area contributed by atoms with Crippen LogP contribution in [0.4, 0.5) is 5.82 Å². The van der Waals surface area contributed by atoms with Gasteiger partial charge in [0.15, 0.2) is 0 Å². The second-order valence-electron chi connectivity index (χ2n) is 4.39. The van der Waals surface area contributed by atoms with Crippen LogP contribution >= 0.6 is 11.6 Å². The Kier molecular flexibility index (Phi) is 2.16. The van der Waals surface area contributed by atoms with Crippen molar-refractivity contribution in [3.05, 3.63) is 21.7 Å². The third-order valence-corrected chi connectivity index (χ3v) is 3.50. The van der Waals surface area contributed by atoms with Crippen LogP contribution in [-0.2, 0) is 11.3 Å². The summed E-state index contributed by atoms with van der Waals surface area (Å²) in [4.78, 5) is 30.6. The fraction of sp³-hybridized carbons (Fsp3) is 0.500. The van der Waals surface area contributed by atoms with Gasteiger partial charge in [-0.2, -0.15) is 4.98 Å². The molecule has 3 heterocycles. The number of amides is 1. The molecule has 0 bridgehead atoms. The molecule has 1 amide bonds. The summed E-state index contributed by atoms with van der Waals surface area (Å²) < 4.78 is 1.57. The van der Waals surface area contributed by atoms with E-state index in [1.165, 1.54) is 0 Å². The summed E-state index contributed by atoms with van der Waals surface area (Å²) in [5.74, 6) is 0.747. The molecule has 0 spiro atoms. The van der Waals surface area contributed by atoms with E-state index in [9.17, 15) is 9.59 Å². The summed E-state index contributed by atoms with van der Waals surface area (Å²) in [5.41, 5.74) is -0.350. The summed E-state index contributed by atoms with van der Waals surface area (Å²) in [5, 5.41) is 0.174. The van der Waals surface area contributed by atoms with Crippen molar-refractivity contribution in [3.8, 4) is 0 Å². The Labute approximate surface area is 102 Å². The zero-order valence-electron chi connectivity index (χ0n) is 9.26. The molecular weight excluding hydrogens is 244 g/mol. The number of halogens is 1. The number of nitrogens with zero attached hydrogens (tertiary/aromatic N) is 4. The van der Waals surface area contributed by atoms with E-state index in [0.29, 0.717) is 25.5 Å². The van der Waals surface area contributed by atoms with E-state index in [2.05, 4.69) is 4.98 Å². The van der Waals surface area contributed by atoms with Gasteiger partial charge in [-0.3, -0.25) is 9.36 Å². The zero-order valence-corrected chi connectivity index (χ0v) is 10.0. The van der Waals surface area contributed by atoms with Crippen LogP contribution in [0.2, 0.25) is 5.15 Å². The predicted octanol–water partition coefficient (Wildman–Crippen LogP) is -0.443. The number of carbonyl (C=O) groups excluding carboxylic acids is 1. The van der Waals surface area contributed by atoms with Crippen molar-refractivity contribution in [2.24, 2.45) is 0 Å². The molecule has 6 nitrogen and oxygen atoms in total. The lowest BCUT2D eigenvalue weighted by Gasteiger charge is -2.35. The number of hydrogen-bond acceptors (Lipinski definition) is 4. The maximum absolute atomic E-state index is 11.7. The van der Waals surface area contributed by atoms with E-state index >= 15 is 0 Å². The minimum Gasteiger partial charge on any atom is -0.342 e. The standard InChI is InChI=1S/C10H11ClN4O2/c1-13-3-6-4-15-8(14(6)5-9(13)16)2-7(11)12-10(15)17/h2,6H,3-5H2,1H3. The fourth-order valence-electron chi connectivity index (χ4n) is 2.42. The largest absolute Gasteiger partial charge is 0.350 e. The molecule has 2 aliphatic heterocycles. The van der Waals surface area contributed by atoms with Crippen molar-refractivity contribution in [2.75, 3.05) is 25.0 Å². The Morgan fingerprint density at radius 3 is 2.94 bits per heavy atom. The molecule has 2 aliphatic rings. The van der Waals surface area contributed by atoms with Crippen molar-refractivity contribution in [1.82, 2.24) is 14.5 Å². The molecule has 7 heteroatoms. The highest BCUT2D eigenvalue weighted by Gasteiger charge is 2.37. The van der Waals surface area contributed by atoms with Crippen molar-refractivity contribution in [1.29, 1.82) is 0 Å². The fourth-order valence-corrected chi connectivity index (χ4v) is 2.59. The highest BCUT2D eigenvalue weighted by molar-refractivity contribution is 6.29. The SMILES string of the molecule is CN1CC2Cn3c(cc(Cl)nc3=O)N2CC1=O. The van der Waals surface area contributed by atoms with Gasteiger partial charge in [0.2, 0.25) is 5.91 Å². The van der Waals surface area contributed by atoms with Crippen LogP contribution in [0.25, 0.3) is 0 Å². The third kappa shape index (κ3) is 1.51. The topological polar surface area (TPSA) is 58.4 Å². The quantitative estimate of drug-likeness (QED) is 0.589. The number of anilines is 1. The molecule has 1 fully saturated rings. The van der Waals surface area contributed by atoms with Crippen LogP contribution in [0.5, 0.6) is 0 Å². The highest BCUT2D eigenvalue weighted by Crippen LogP contribution is 2.28. The maximum atomic E-state index is 11.7. The Morgan fingerprint density at radius 1 is 1.41 bits per heavy atom. The molecule has 17 heavy (non-hydrogen) atoms. The van der Waals surface area contributed by atoms with Gasteiger partial charge in [-0.25, -0.2) is 4.79 Å². The molecular formula is C10H11ClN4O2. The Balaban J connectivity index is 2.07. The monoisotopic (exact) mass is 254 g/mol. The van der Waals surface area contributed by atoms with Crippen LogP contribution in [0.1, 0.15) is 0 Å². The predicted molar refractivity (Wildman–Crippen MR) is 62.3 cm³/mol. The average molecular weight is 255 g/mol. The van der Waals surface area contributed by atoms with Gasteiger partial charge in [0.25, 0.3) is 0 Å². The first-order valence-electron chi connectivity index (χ1n) is 5.34. The number of fused-ring (bicyclic) bond motifs is 3. The van der Waals surface area contributed by atoms with Gasteiger partial charge < -0.3 is 9.80 Å². The van der Waals surface area contributed by atoms with Gasteiger partial charge in [0.1, 0.15) is 11.0 Å². The number of piperazine rings is 1. The van der Waals surface area contributed by atoms with Crippen LogP contribution in [0, 0.1) is 0 Å². The molecule has 0 radical (unpaired) electrons. The van der Waals surface area contributed by atoms with Gasteiger partial charge in [0, 0.05) is 19.7 Å². The lowest BCUT2D eigenvalue weighted by molar-refractivity contribution is -0.130.